The monoisotopic (exact) mass is 357 g/mol. The number of hydrogen-bond acceptors (Lipinski definition) is 5. The third kappa shape index (κ3) is 5.38. The van der Waals surface area contributed by atoms with Crippen LogP contribution in [-0.4, -0.2) is 22.4 Å². The van der Waals surface area contributed by atoms with Crippen molar-refractivity contribution in [3.63, 3.8) is 0 Å². The van der Waals surface area contributed by atoms with Crippen LogP contribution >= 0.6 is 0 Å². The van der Waals surface area contributed by atoms with Gasteiger partial charge in [-0.25, -0.2) is 9.97 Å². The van der Waals surface area contributed by atoms with Gasteiger partial charge in [0.1, 0.15) is 0 Å². The minimum atomic E-state index is -0.319. The SMILES string of the molecule is N#Cc1cccc(NC(=O)c2cnc(NCCCc3ccccc3)nc2)c1. The number of aromatic nitrogens is 2. The molecule has 0 bridgehead atoms. The molecule has 0 atom stereocenters. The molecule has 27 heavy (non-hydrogen) atoms. The maximum Gasteiger partial charge on any atom is 0.258 e. The molecule has 1 aromatic heterocycles. The first-order chi connectivity index (χ1) is 13.2. The third-order valence-electron chi connectivity index (χ3n) is 3.93. The molecule has 6 nitrogen and oxygen atoms in total. The molecule has 3 aromatic rings. The van der Waals surface area contributed by atoms with E-state index < -0.39 is 0 Å². The lowest BCUT2D eigenvalue weighted by Crippen LogP contribution is -2.14. The summed E-state index contributed by atoms with van der Waals surface area (Å²) in [5.41, 5.74) is 2.70. The molecule has 3 rings (SSSR count). The van der Waals surface area contributed by atoms with E-state index in [0.717, 1.165) is 19.4 Å². The maximum atomic E-state index is 12.2. The van der Waals surface area contributed by atoms with Crippen molar-refractivity contribution in [2.24, 2.45) is 0 Å². The summed E-state index contributed by atoms with van der Waals surface area (Å²) in [5.74, 6) is 0.173. The van der Waals surface area contributed by atoms with Gasteiger partial charge in [0.05, 0.1) is 17.2 Å². The summed E-state index contributed by atoms with van der Waals surface area (Å²) in [4.78, 5) is 20.6. The van der Waals surface area contributed by atoms with Gasteiger partial charge in [-0.1, -0.05) is 36.4 Å². The zero-order chi connectivity index (χ0) is 18.9. The van der Waals surface area contributed by atoms with Crippen LogP contribution in [0.2, 0.25) is 0 Å². The Balaban J connectivity index is 1.49. The van der Waals surface area contributed by atoms with E-state index in [1.165, 1.54) is 18.0 Å². The van der Waals surface area contributed by atoms with Crippen LogP contribution in [0.3, 0.4) is 0 Å². The number of nitrogens with zero attached hydrogens (tertiary/aromatic N) is 3. The number of anilines is 2. The number of amides is 1. The summed E-state index contributed by atoms with van der Waals surface area (Å²) in [6, 6.07) is 19.1. The van der Waals surface area contributed by atoms with E-state index in [1.54, 1.807) is 24.3 Å². The second-order valence-electron chi connectivity index (χ2n) is 5.96. The van der Waals surface area contributed by atoms with Gasteiger partial charge in [0.25, 0.3) is 5.91 Å². The van der Waals surface area contributed by atoms with Crippen LogP contribution in [0.5, 0.6) is 0 Å². The molecule has 0 saturated heterocycles. The van der Waals surface area contributed by atoms with Crippen molar-refractivity contribution >= 4 is 17.5 Å². The number of benzene rings is 2. The maximum absolute atomic E-state index is 12.2. The van der Waals surface area contributed by atoms with Crippen LogP contribution in [0.1, 0.15) is 27.9 Å². The predicted molar refractivity (Wildman–Crippen MR) is 104 cm³/mol. The van der Waals surface area contributed by atoms with Gasteiger partial charge < -0.3 is 10.6 Å². The number of nitriles is 1. The number of nitrogens with one attached hydrogen (secondary N) is 2. The molecule has 0 aliphatic heterocycles. The van der Waals surface area contributed by atoms with Crippen molar-refractivity contribution in [3.8, 4) is 6.07 Å². The first-order valence-electron chi connectivity index (χ1n) is 8.66. The number of carbonyl (C=O) groups is 1. The van der Waals surface area contributed by atoms with E-state index in [9.17, 15) is 4.79 Å². The van der Waals surface area contributed by atoms with Gasteiger partial charge in [-0.05, 0) is 36.6 Å². The van der Waals surface area contributed by atoms with Crippen LogP contribution in [0.25, 0.3) is 0 Å². The van der Waals surface area contributed by atoms with Gasteiger partial charge in [0, 0.05) is 24.6 Å². The summed E-state index contributed by atoms with van der Waals surface area (Å²) < 4.78 is 0. The highest BCUT2D eigenvalue weighted by Gasteiger charge is 2.08. The highest BCUT2D eigenvalue weighted by atomic mass is 16.1. The Hall–Kier alpha value is -3.72. The first-order valence-corrected chi connectivity index (χ1v) is 8.66. The largest absolute Gasteiger partial charge is 0.354 e. The molecule has 0 radical (unpaired) electrons. The zero-order valence-corrected chi connectivity index (χ0v) is 14.7. The molecule has 0 spiro atoms. The highest BCUT2D eigenvalue weighted by molar-refractivity contribution is 6.03. The van der Waals surface area contributed by atoms with Gasteiger partial charge in [-0.2, -0.15) is 5.26 Å². The van der Waals surface area contributed by atoms with Gasteiger partial charge in [0.2, 0.25) is 5.95 Å². The van der Waals surface area contributed by atoms with Crippen molar-refractivity contribution in [2.75, 3.05) is 17.2 Å². The van der Waals surface area contributed by atoms with E-state index in [4.69, 9.17) is 5.26 Å². The fraction of sp³-hybridized carbons (Fsp3) is 0.143. The molecule has 0 aliphatic rings. The van der Waals surface area contributed by atoms with E-state index in [-0.39, 0.29) is 5.91 Å². The molecule has 6 heteroatoms. The second-order valence-corrected chi connectivity index (χ2v) is 5.96. The first kappa shape index (κ1) is 18.1. The topological polar surface area (TPSA) is 90.7 Å². The van der Waals surface area contributed by atoms with Crippen molar-refractivity contribution in [2.45, 2.75) is 12.8 Å². The fourth-order valence-electron chi connectivity index (χ4n) is 2.54. The molecule has 1 amide bonds. The normalized spacial score (nSPS) is 10.0. The number of hydrogen-bond donors (Lipinski definition) is 2. The Morgan fingerprint density at radius 1 is 1.04 bits per heavy atom. The minimum absolute atomic E-state index is 0.319. The molecule has 134 valence electrons. The predicted octanol–water partition coefficient (Wildman–Crippen LogP) is 3.65. The summed E-state index contributed by atoms with van der Waals surface area (Å²) in [6.45, 7) is 0.751. The van der Waals surface area contributed by atoms with Crippen molar-refractivity contribution < 1.29 is 4.79 Å². The van der Waals surface area contributed by atoms with Crippen molar-refractivity contribution in [1.29, 1.82) is 5.26 Å². The summed E-state index contributed by atoms with van der Waals surface area (Å²) in [7, 11) is 0. The molecule has 0 aliphatic carbocycles. The number of aryl methyl sites for hydroxylation is 1. The minimum Gasteiger partial charge on any atom is -0.354 e. The lowest BCUT2D eigenvalue weighted by molar-refractivity contribution is 0.102. The Morgan fingerprint density at radius 2 is 1.81 bits per heavy atom. The fourth-order valence-corrected chi connectivity index (χ4v) is 2.54. The Morgan fingerprint density at radius 3 is 2.56 bits per heavy atom. The van der Waals surface area contributed by atoms with Gasteiger partial charge in [-0.3, -0.25) is 4.79 Å². The lowest BCUT2D eigenvalue weighted by Gasteiger charge is -2.07. The average molecular weight is 357 g/mol. The number of rotatable bonds is 7. The Bertz CT molecular complexity index is 933. The molecular weight excluding hydrogens is 338 g/mol. The van der Waals surface area contributed by atoms with Crippen molar-refractivity contribution in [3.05, 3.63) is 83.7 Å². The van der Waals surface area contributed by atoms with E-state index in [2.05, 4.69) is 32.7 Å². The molecule has 1 heterocycles. The Kier molecular flexibility index (Phi) is 6.10. The van der Waals surface area contributed by atoms with Gasteiger partial charge in [0.15, 0.2) is 0 Å². The molecule has 2 N–H and O–H groups in total. The summed E-state index contributed by atoms with van der Waals surface area (Å²) in [5, 5.41) is 14.8. The van der Waals surface area contributed by atoms with Crippen LogP contribution in [0.4, 0.5) is 11.6 Å². The molecule has 0 fully saturated rings. The highest BCUT2D eigenvalue weighted by Crippen LogP contribution is 2.11. The molecular formula is C21H19N5O. The standard InChI is InChI=1S/C21H19N5O/c22-13-17-8-4-10-19(12-17)26-20(27)18-14-24-21(25-15-18)23-11-5-9-16-6-2-1-3-7-16/h1-4,6-8,10,12,14-15H,5,9,11H2,(H,26,27)(H,23,24,25). The van der Waals surface area contributed by atoms with E-state index in [0.29, 0.717) is 22.8 Å². The second kappa shape index (κ2) is 9.11. The van der Waals surface area contributed by atoms with E-state index in [1.807, 2.05) is 24.3 Å². The quantitative estimate of drug-likeness (QED) is 0.630. The van der Waals surface area contributed by atoms with Crippen molar-refractivity contribution in [1.82, 2.24) is 9.97 Å². The van der Waals surface area contributed by atoms with Crippen LogP contribution in [-0.2, 0) is 6.42 Å². The van der Waals surface area contributed by atoms with Gasteiger partial charge in [-0.15, -0.1) is 0 Å². The third-order valence-corrected chi connectivity index (χ3v) is 3.93. The van der Waals surface area contributed by atoms with Crippen LogP contribution in [0, 0.1) is 11.3 Å². The van der Waals surface area contributed by atoms with Crippen LogP contribution < -0.4 is 10.6 Å². The lowest BCUT2D eigenvalue weighted by atomic mass is 10.1. The van der Waals surface area contributed by atoms with Crippen LogP contribution in [0.15, 0.2) is 67.0 Å². The van der Waals surface area contributed by atoms with E-state index >= 15 is 0 Å². The molecule has 0 unspecified atom stereocenters. The summed E-state index contributed by atoms with van der Waals surface area (Å²) >= 11 is 0. The average Bonchev–Trinajstić information content (AvgIpc) is 2.72. The molecule has 0 saturated carbocycles. The summed E-state index contributed by atoms with van der Waals surface area (Å²) in [6.07, 6.45) is 4.91. The van der Waals surface area contributed by atoms with Gasteiger partial charge >= 0.3 is 0 Å². The smallest absolute Gasteiger partial charge is 0.258 e. The molecule has 2 aromatic carbocycles. The Labute approximate surface area is 157 Å². The zero-order valence-electron chi connectivity index (χ0n) is 14.7. The number of carbonyl (C=O) groups excluding carboxylic acids is 1.